The van der Waals surface area contributed by atoms with Crippen LogP contribution >= 0.6 is 0 Å². The second kappa shape index (κ2) is 30.1. The maximum absolute atomic E-state index is 12.5. The number of carbonyl (C=O) groups is 3. The highest BCUT2D eigenvalue weighted by atomic mass is 16.6. The van der Waals surface area contributed by atoms with E-state index >= 15 is 0 Å². The summed E-state index contributed by atoms with van der Waals surface area (Å²) in [7, 11) is 5.46. The first-order chi connectivity index (χ1) is 22.6. The van der Waals surface area contributed by atoms with E-state index in [0.717, 1.165) is 70.6 Å². The lowest BCUT2D eigenvalue weighted by atomic mass is 10.1. The van der Waals surface area contributed by atoms with Crippen LogP contribution in [0.4, 0.5) is 0 Å². The lowest BCUT2D eigenvalue weighted by molar-refractivity contribution is -0.887. The molecule has 0 amide bonds. The predicted octanol–water partition coefficient (Wildman–Crippen LogP) is 8.46. The molecule has 1 N–H and O–H groups in total. The van der Waals surface area contributed by atoms with Crippen LogP contribution in [0.1, 0.15) is 104 Å². The number of hydrogen-bond acceptors (Lipinski definition) is 6. The van der Waals surface area contributed by atoms with Crippen molar-refractivity contribution in [3.63, 3.8) is 0 Å². The van der Waals surface area contributed by atoms with Crippen molar-refractivity contribution in [3.8, 4) is 0 Å². The third kappa shape index (κ3) is 28.7. The van der Waals surface area contributed by atoms with Crippen molar-refractivity contribution in [2.75, 3.05) is 41.0 Å². The summed E-state index contributed by atoms with van der Waals surface area (Å²) in [6.45, 7) is 4.32. The average Bonchev–Trinajstić information content (AvgIpc) is 3.01. The molecule has 0 rings (SSSR count). The van der Waals surface area contributed by atoms with Gasteiger partial charge in [0.25, 0.3) is 0 Å². The predicted molar refractivity (Wildman–Crippen MR) is 192 cm³/mol. The van der Waals surface area contributed by atoms with Crippen molar-refractivity contribution in [2.45, 2.75) is 116 Å². The van der Waals surface area contributed by atoms with Gasteiger partial charge in [-0.15, -0.1) is 0 Å². The molecule has 2 atom stereocenters. The van der Waals surface area contributed by atoms with E-state index in [1.807, 2.05) is 33.3 Å². The summed E-state index contributed by atoms with van der Waals surface area (Å²) in [4.78, 5) is 36.5. The molecule has 0 aliphatic heterocycles. The van der Waals surface area contributed by atoms with E-state index in [9.17, 15) is 19.5 Å². The Morgan fingerprint density at radius 3 is 1.74 bits per heavy atom. The van der Waals surface area contributed by atoms with Gasteiger partial charge in [0.2, 0.25) is 0 Å². The molecular formula is C39H64NO7+. The summed E-state index contributed by atoms with van der Waals surface area (Å²) in [5.74, 6) is -1.67. The van der Waals surface area contributed by atoms with Crippen LogP contribution < -0.4 is 0 Å². The number of carboxylic acid groups (broad SMARTS) is 1. The van der Waals surface area contributed by atoms with Gasteiger partial charge in [-0.25, -0.2) is 4.79 Å². The van der Waals surface area contributed by atoms with Crippen LogP contribution in [0, 0.1) is 0 Å². The van der Waals surface area contributed by atoms with E-state index in [0.29, 0.717) is 12.8 Å². The fourth-order valence-corrected chi connectivity index (χ4v) is 4.46. The lowest BCUT2D eigenvalue weighted by Gasteiger charge is -2.31. The molecule has 0 aliphatic carbocycles. The highest BCUT2D eigenvalue weighted by Crippen LogP contribution is 2.10. The van der Waals surface area contributed by atoms with E-state index in [1.165, 1.54) is 0 Å². The number of esters is 2. The Hall–Kier alpha value is -3.23. The Morgan fingerprint density at radius 1 is 0.660 bits per heavy atom. The lowest BCUT2D eigenvalue weighted by Crippen LogP contribution is -2.50. The van der Waals surface area contributed by atoms with Crippen molar-refractivity contribution in [1.29, 1.82) is 0 Å². The topological polar surface area (TPSA) is 99.1 Å². The van der Waals surface area contributed by atoms with Gasteiger partial charge in [0.05, 0.1) is 40.8 Å². The van der Waals surface area contributed by atoms with Gasteiger partial charge in [-0.05, 0) is 57.8 Å². The zero-order valence-corrected chi connectivity index (χ0v) is 29.9. The van der Waals surface area contributed by atoms with Gasteiger partial charge in [0.15, 0.2) is 12.1 Å². The van der Waals surface area contributed by atoms with E-state index in [-0.39, 0.29) is 36.7 Å². The molecule has 0 radical (unpaired) electrons. The number of carboxylic acids is 1. The molecule has 0 spiro atoms. The smallest absolute Gasteiger partial charge is 0.362 e. The van der Waals surface area contributed by atoms with Crippen molar-refractivity contribution in [3.05, 3.63) is 72.9 Å². The molecule has 0 aromatic heterocycles. The molecule has 266 valence electrons. The first-order valence-corrected chi connectivity index (χ1v) is 17.5. The summed E-state index contributed by atoms with van der Waals surface area (Å²) >= 11 is 0. The number of hydrogen-bond donors (Lipinski definition) is 1. The van der Waals surface area contributed by atoms with Crippen LogP contribution in [-0.2, 0) is 28.6 Å². The number of ether oxygens (including phenoxy) is 3. The molecular weight excluding hydrogens is 594 g/mol. The normalized spacial score (nSPS) is 14.0. The van der Waals surface area contributed by atoms with Crippen molar-refractivity contribution < 1.29 is 38.2 Å². The van der Waals surface area contributed by atoms with Crippen LogP contribution in [0.2, 0.25) is 0 Å². The maximum atomic E-state index is 12.5. The monoisotopic (exact) mass is 658 g/mol. The molecule has 0 bridgehead atoms. The number of quaternary nitrogens is 1. The van der Waals surface area contributed by atoms with Crippen LogP contribution in [-0.4, -0.2) is 80.6 Å². The fraction of sp³-hybridized carbons (Fsp3) is 0.615. The molecule has 0 heterocycles. The summed E-state index contributed by atoms with van der Waals surface area (Å²) in [6, 6.07) is -0.633. The van der Waals surface area contributed by atoms with E-state index in [1.54, 1.807) is 6.08 Å². The second-order valence-electron chi connectivity index (χ2n) is 12.4. The number of likely N-dealkylation sites (N-methyl/N-ethyl adjacent to an activating group) is 1. The molecule has 0 aliphatic rings. The third-order valence-corrected chi connectivity index (χ3v) is 7.13. The third-order valence-electron chi connectivity index (χ3n) is 7.13. The number of nitrogens with zero attached hydrogens (tertiary/aromatic N) is 1. The Balaban J connectivity index is 4.58. The summed E-state index contributed by atoms with van der Waals surface area (Å²) in [6.07, 6.45) is 35.6. The van der Waals surface area contributed by atoms with Gasteiger partial charge in [-0.3, -0.25) is 9.59 Å². The summed E-state index contributed by atoms with van der Waals surface area (Å²) in [5.41, 5.74) is 0. The summed E-state index contributed by atoms with van der Waals surface area (Å²) in [5, 5.41) is 9.55. The molecule has 0 aromatic rings. The number of carbonyl (C=O) groups excluding carboxylic acids is 2. The molecule has 2 unspecified atom stereocenters. The zero-order valence-electron chi connectivity index (χ0n) is 29.9. The SMILES string of the molecule is CC/C=C/C/C=C/C/C=C/CCCCCCC(=O)OCC(COCCC(C(=O)O)[N+](C)(C)C)OC(=O)C/C=C/C/C=C/C/C=C/CC. The van der Waals surface area contributed by atoms with Crippen LogP contribution in [0.25, 0.3) is 0 Å². The van der Waals surface area contributed by atoms with Crippen molar-refractivity contribution in [1.82, 2.24) is 0 Å². The Morgan fingerprint density at radius 2 is 1.19 bits per heavy atom. The van der Waals surface area contributed by atoms with E-state index < -0.39 is 24.1 Å². The highest BCUT2D eigenvalue weighted by Gasteiger charge is 2.31. The van der Waals surface area contributed by atoms with Gasteiger partial charge in [-0.1, -0.05) is 99.6 Å². The minimum Gasteiger partial charge on any atom is -0.477 e. The minimum atomic E-state index is -0.896. The fourth-order valence-electron chi connectivity index (χ4n) is 4.46. The van der Waals surface area contributed by atoms with Crippen molar-refractivity contribution in [2.24, 2.45) is 0 Å². The van der Waals surface area contributed by atoms with Gasteiger partial charge >= 0.3 is 17.9 Å². The van der Waals surface area contributed by atoms with Gasteiger partial charge in [0.1, 0.15) is 6.61 Å². The molecule has 47 heavy (non-hydrogen) atoms. The van der Waals surface area contributed by atoms with Gasteiger partial charge in [0, 0.05) is 12.8 Å². The Bertz CT molecular complexity index is 1000. The maximum Gasteiger partial charge on any atom is 0.362 e. The number of aliphatic carboxylic acids is 1. The highest BCUT2D eigenvalue weighted by molar-refractivity contribution is 5.72. The minimum absolute atomic E-state index is 0.0133. The summed E-state index contributed by atoms with van der Waals surface area (Å²) < 4.78 is 17.0. The molecule has 0 fully saturated rings. The number of rotatable bonds is 29. The number of unbranched alkanes of at least 4 members (excludes halogenated alkanes) is 4. The quantitative estimate of drug-likeness (QED) is 0.0373. The Labute approximate surface area is 285 Å². The second-order valence-corrected chi connectivity index (χ2v) is 12.4. The van der Waals surface area contributed by atoms with Crippen LogP contribution in [0.3, 0.4) is 0 Å². The van der Waals surface area contributed by atoms with Gasteiger partial charge < -0.3 is 23.8 Å². The average molecular weight is 659 g/mol. The van der Waals surface area contributed by atoms with E-state index in [2.05, 4.69) is 68.5 Å². The zero-order chi connectivity index (χ0) is 35.0. The van der Waals surface area contributed by atoms with Crippen LogP contribution in [0.5, 0.6) is 0 Å². The van der Waals surface area contributed by atoms with Crippen LogP contribution in [0.15, 0.2) is 72.9 Å². The van der Waals surface area contributed by atoms with Crippen molar-refractivity contribution >= 4 is 17.9 Å². The molecule has 8 nitrogen and oxygen atoms in total. The largest absolute Gasteiger partial charge is 0.477 e. The standard InChI is InChI=1S/C39H63NO7/c1-6-8-10-12-14-16-17-18-19-20-22-23-25-27-29-37(41)46-34-35(33-45-32-31-36(39(43)44)40(3,4)5)47-38(42)30-28-26-24-21-15-13-11-9-7-2/h8-11,14-16,18-19,21,26,28,35-36H,6-7,12-13,17,20,22-25,27,29-34H2,1-5H3/p+1/b10-8+,11-9+,16-14+,19-18+,21-15+,28-26+. The first kappa shape index (κ1) is 43.8. The molecule has 0 saturated heterocycles. The molecule has 0 aromatic carbocycles. The van der Waals surface area contributed by atoms with E-state index in [4.69, 9.17) is 14.2 Å². The Kier molecular flexibility index (Phi) is 28.1. The number of allylic oxidation sites excluding steroid dienone is 11. The molecule has 0 saturated carbocycles. The first-order valence-electron chi connectivity index (χ1n) is 17.5. The van der Waals surface area contributed by atoms with Gasteiger partial charge in [-0.2, -0.15) is 0 Å². The molecule has 8 heteroatoms.